The Kier molecular flexibility index (Phi) is 5.31. The van der Waals surface area contributed by atoms with E-state index in [1.807, 2.05) is 0 Å². The molecule has 0 aliphatic heterocycles. The number of aromatic carboxylic acids is 1. The average Bonchev–Trinajstić information content (AvgIpc) is 2.38. The molecule has 0 amide bonds. The third kappa shape index (κ3) is 4.25. The first-order chi connectivity index (χ1) is 8.95. The van der Waals surface area contributed by atoms with Crippen LogP contribution in [0.5, 0.6) is 0 Å². The molecule has 1 aromatic carbocycles. The van der Waals surface area contributed by atoms with Crippen LogP contribution in [0.25, 0.3) is 0 Å². The minimum atomic E-state index is -1.25. The van der Waals surface area contributed by atoms with Crippen molar-refractivity contribution in [1.29, 1.82) is 0 Å². The summed E-state index contributed by atoms with van der Waals surface area (Å²) >= 11 is 1.14. The number of thioether (sulfide) groups is 1. The van der Waals surface area contributed by atoms with E-state index in [-0.39, 0.29) is 17.7 Å². The second-order valence-electron chi connectivity index (χ2n) is 3.42. The fraction of sp³-hybridized carbons (Fsp3) is 0.273. The number of benzene rings is 1. The van der Waals surface area contributed by atoms with Gasteiger partial charge in [-0.2, -0.15) is 0 Å². The second kappa shape index (κ2) is 6.74. The number of hydrogen-bond donors (Lipinski definition) is 1. The van der Waals surface area contributed by atoms with E-state index >= 15 is 0 Å². The van der Waals surface area contributed by atoms with Crippen LogP contribution in [-0.4, -0.2) is 34.8 Å². The van der Waals surface area contributed by atoms with Gasteiger partial charge < -0.3 is 9.84 Å². The fourth-order valence-electron chi connectivity index (χ4n) is 1.27. The third-order valence-electron chi connectivity index (χ3n) is 2.20. The number of carboxylic acid groups (broad SMARTS) is 1. The number of nitro groups is 1. The summed E-state index contributed by atoms with van der Waals surface area (Å²) in [6.07, 6.45) is 0.136. The lowest BCUT2D eigenvalue weighted by atomic mass is 10.2. The number of non-ortho nitro benzene ring substituents is 1. The molecule has 8 heteroatoms. The molecule has 0 spiro atoms. The molecular formula is C11H11NO6S. The number of nitro benzene ring substituents is 1. The number of nitrogens with zero attached hydrogens (tertiary/aromatic N) is 1. The second-order valence-corrected chi connectivity index (χ2v) is 4.55. The molecule has 0 unspecified atom stereocenters. The normalized spacial score (nSPS) is 9.95. The van der Waals surface area contributed by atoms with Gasteiger partial charge in [0.05, 0.1) is 24.0 Å². The predicted octanol–water partition coefficient (Wildman–Crippen LogP) is 1.95. The zero-order valence-corrected chi connectivity index (χ0v) is 10.8. The molecule has 102 valence electrons. The Morgan fingerprint density at radius 3 is 2.68 bits per heavy atom. The summed E-state index contributed by atoms with van der Waals surface area (Å²) in [5.74, 6) is -1.30. The summed E-state index contributed by atoms with van der Waals surface area (Å²) in [6, 6.07) is 3.60. The van der Waals surface area contributed by atoms with Gasteiger partial charge in [0.25, 0.3) is 5.69 Å². The number of carbonyl (C=O) groups excluding carboxylic acids is 1. The van der Waals surface area contributed by atoms with Crippen LogP contribution in [0.4, 0.5) is 5.69 Å². The average molecular weight is 285 g/mol. The molecule has 0 radical (unpaired) electrons. The molecular weight excluding hydrogens is 274 g/mol. The van der Waals surface area contributed by atoms with Crippen LogP contribution in [0.1, 0.15) is 16.8 Å². The van der Waals surface area contributed by atoms with E-state index < -0.39 is 16.9 Å². The molecule has 0 saturated carbocycles. The molecule has 1 rings (SSSR count). The van der Waals surface area contributed by atoms with E-state index in [9.17, 15) is 19.7 Å². The van der Waals surface area contributed by atoms with Crippen molar-refractivity contribution < 1.29 is 24.4 Å². The van der Waals surface area contributed by atoms with Crippen molar-refractivity contribution in [2.45, 2.75) is 11.3 Å². The highest BCUT2D eigenvalue weighted by molar-refractivity contribution is 7.99. The fourth-order valence-corrected chi connectivity index (χ4v) is 2.23. The number of rotatable bonds is 6. The Hall–Kier alpha value is -2.09. The number of methoxy groups -OCH3 is 1. The maximum Gasteiger partial charge on any atom is 0.337 e. The van der Waals surface area contributed by atoms with Gasteiger partial charge in [-0.15, -0.1) is 11.8 Å². The van der Waals surface area contributed by atoms with Crippen molar-refractivity contribution in [3.63, 3.8) is 0 Å². The van der Waals surface area contributed by atoms with E-state index in [0.717, 1.165) is 17.8 Å². The van der Waals surface area contributed by atoms with Crippen LogP contribution in [0.2, 0.25) is 0 Å². The van der Waals surface area contributed by atoms with Gasteiger partial charge in [-0.05, 0) is 6.07 Å². The first-order valence-electron chi connectivity index (χ1n) is 5.17. The van der Waals surface area contributed by atoms with Crippen LogP contribution in [0.3, 0.4) is 0 Å². The van der Waals surface area contributed by atoms with Gasteiger partial charge in [0.1, 0.15) is 0 Å². The SMILES string of the molecule is COC(=O)CCSc1ccc([N+](=O)[O-])cc1C(=O)O. The largest absolute Gasteiger partial charge is 0.478 e. The predicted molar refractivity (Wildman–Crippen MR) is 67.4 cm³/mol. The van der Waals surface area contributed by atoms with Crippen molar-refractivity contribution in [1.82, 2.24) is 0 Å². The number of hydrogen-bond acceptors (Lipinski definition) is 6. The minimum absolute atomic E-state index is 0.136. The lowest BCUT2D eigenvalue weighted by Gasteiger charge is -2.05. The maximum absolute atomic E-state index is 11.0. The summed E-state index contributed by atoms with van der Waals surface area (Å²) < 4.78 is 4.46. The summed E-state index contributed by atoms with van der Waals surface area (Å²) in [4.78, 5) is 32.2. The molecule has 19 heavy (non-hydrogen) atoms. The van der Waals surface area contributed by atoms with E-state index in [0.29, 0.717) is 10.6 Å². The third-order valence-corrected chi connectivity index (χ3v) is 3.27. The van der Waals surface area contributed by atoms with Crippen molar-refractivity contribution >= 4 is 29.4 Å². The molecule has 0 heterocycles. The first kappa shape index (κ1) is 15.0. The van der Waals surface area contributed by atoms with Crippen LogP contribution in [0, 0.1) is 10.1 Å². The van der Waals surface area contributed by atoms with Gasteiger partial charge in [0, 0.05) is 22.8 Å². The zero-order valence-electron chi connectivity index (χ0n) is 9.99. The molecule has 0 aliphatic carbocycles. The van der Waals surface area contributed by atoms with Gasteiger partial charge >= 0.3 is 11.9 Å². The van der Waals surface area contributed by atoms with Crippen LogP contribution in [-0.2, 0) is 9.53 Å². The monoisotopic (exact) mass is 285 g/mol. The van der Waals surface area contributed by atoms with Gasteiger partial charge in [-0.1, -0.05) is 0 Å². The van der Waals surface area contributed by atoms with E-state index in [4.69, 9.17) is 5.11 Å². The molecule has 0 bridgehead atoms. The molecule has 1 N–H and O–H groups in total. The number of esters is 1. The van der Waals surface area contributed by atoms with Crippen LogP contribution < -0.4 is 0 Å². The van der Waals surface area contributed by atoms with E-state index in [1.54, 1.807) is 0 Å². The Morgan fingerprint density at radius 1 is 1.47 bits per heavy atom. The van der Waals surface area contributed by atoms with Crippen LogP contribution >= 0.6 is 11.8 Å². The standard InChI is InChI=1S/C11H11NO6S/c1-18-10(13)4-5-19-9-3-2-7(12(16)17)6-8(9)11(14)15/h2-3,6H,4-5H2,1H3,(H,14,15). The van der Waals surface area contributed by atoms with Crippen molar-refractivity contribution in [3.8, 4) is 0 Å². The number of carbonyl (C=O) groups is 2. The highest BCUT2D eigenvalue weighted by Crippen LogP contribution is 2.27. The summed E-state index contributed by atoms with van der Waals surface area (Å²) in [5.41, 5.74) is -0.432. The smallest absolute Gasteiger partial charge is 0.337 e. The summed E-state index contributed by atoms with van der Waals surface area (Å²) in [5, 5.41) is 19.6. The molecule has 1 aromatic rings. The molecule has 7 nitrogen and oxygen atoms in total. The summed E-state index contributed by atoms with van der Waals surface area (Å²) in [7, 11) is 1.27. The Labute approximate surface area is 112 Å². The van der Waals surface area contributed by atoms with Gasteiger partial charge in [0.15, 0.2) is 0 Å². The quantitative estimate of drug-likeness (QED) is 0.368. The van der Waals surface area contributed by atoms with Crippen molar-refractivity contribution in [3.05, 3.63) is 33.9 Å². The van der Waals surface area contributed by atoms with Crippen molar-refractivity contribution in [2.24, 2.45) is 0 Å². The lowest BCUT2D eigenvalue weighted by Crippen LogP contribution is -2.03. The van der Waals surface area contributed by atoms with E-state index in [2.05, 4.69) is 4.74 Å². The topological polar surface area (TPSA) is 107 Å². The van der Waals surface area contributed by atoms with Gasteiger partial charge in [0.2, 0.25) is 0 Å². The first-order valence-corrected chi connectivity index (χ1v) is 6.15. The zero-order chi connectivity index (χ0) is 14.4. The Bertz CT molecular complexity index is 516. The minimum Gasteiger partial charge on any atom is -0.478 e. The summed E-state index contributed by atoms with van der Waals surface area (Å²) in [6.45, 7) is 0. The molecule has 0 fully saturated rings. The maximum atomic E-state index is 11.0. The molecule has 0 atom stereocenters. The Morgan fingerprint density at radius 2 is 2.16 bits per heavy atom. The lowest BCUT2D eigenvalue weighted by molar-refractivity contribution is -0.384. The van der Waals surface area contributed by atoms with E-state index in [1.165, 1.54) is 19.2 Å². The van der Waals surface area contributed by atoms with Gasteiger partial charge in [-0.3, -0.25) is 14.9 Å². The number of ether oxygens (including phenoxy) is 1. The highest BCUT2D eigenvalue weighted by Gasteiger charge is 2.16. The molecule has 0 saturated heterocycles. The highest BCUT2D eigenvalue weighted by atomic mass is 32.2. The van der Waals surface area contributed by atoms with Crippen molar-refractivity contribution in [2.75, 3.05) is 12.9 Å². The van der Waals surface area contributed by atoms with Crippen LogP contribution in [0.15, 0.2) is 23.1 Å². The molecule has 0 aliphatic rings. The molecule has 0 aromatic heterocycles. The van der Waals surface area contributed by atoms with Gasteiger partial charge in [-0.25, -0.2) is 4.79 Å². The number of carboxylic acids is 1. The Balaban J connectivity index is 2.85.